The highest BCUT2D eigenvalue weighted by Crippen LogP contribution is 2.26. The topological polar surface area (TPSA) is 68.8 Å². The van der Waals surface area contributed by atoms with Crippen molar-refractivity contribution in [3.05, 3.63) is 35.8 Å². The van der Waals surface area contributed by atoms with Crippen molar-refractivity contribution in [1.29, 1.82) is 0 Å². The number of nitrogen functional groups attached to an aromatic ring is 1. The molecular weight excluding hydrogens is 226 g/mol. The van der Waals surface area contributed by atoms with Crippen LogP contribution in [0, 0.1) is 0 Å². The van der Waals surface area contributed by atoms with Gasteiger partial charge < -0.3 is 11.1 Å². The van der Waals surface area contributed by atoms with Crippen LogP contribution in [-0.2, 0) is 13.5 Å². The highest BCUT2D eigenvalue weighted by atomic mass is 15.3. The van der Waals surface area contributed by atoms with Crippen LogP contribution in [0.25, 0.3) is 0 Å². The maximum atomic E-state index is 6.08. The Bertz CT molecular complexity index is 518. The molecule has 3 N–H and O–H groups in total. The molecule has 0 bridgehead atoms. The van der Waals surface area contributed by atoms with Crippen molar-refractivity contribution in [2.45, 2.75) is 26.3 Å². The van der Waals surface area contributed by atoms with Gasteiger partial charge in [0.25, 0.3) is 0 Å². The third-order valence-electron chi connectivity index (χ3n) is 3.05. The fraction of sp³-hybridized carbons (Fsp3) is 0.385. The monoisotopic (exact) mass is 245 g/mol. The smallest absolute Gasteiger partial charge is 0.148 e. The number of nitrogens with zero attached hydrogens (tertiary/aromatic N) is 3. The lowest BCUT2D eigenvalue weighted by Crippen LogP contribution is -2.11. The predicted molar refractivity (Wildman–Crippen MR) is 73.3 cm³/mol. The van der Waals surface area contributed by atoms with Gasteiger partial charge in [-0.1, -0.05) is 6.92 Å². The van der Waals surface area contributed by atoms with Gasteiger partial charge in [-0.05, 0) is 31.0 Å². The zero-order chi connectivity index (χ0) is 13.1. The lowest BCUT2D eigenvalue weighted by atomic mass is 10.1. The third kappa shape index (κ3) is 2.30. The Hall–Kier alpha value is -2.04. The Morgan fingerprint density at radius 2 is 2.06 bits per heavy atom. The van der Waals surface area contributed by atoms with E-state index >= 15 is 0 Å². The maximum Gasteiger partial charge on any atom is 0.148 e. The number of hydrogen-bond acceptors (Lipinski definition) is 4. The Kier molecular flexibility index (Phi) is 3.50. The minimum absolute atomic E-state index is 0.162. The Morgan fingerprint density at radius 3 is 2.61 bits per heavy atom. The predicted octanol–water partition coefficient (Wildman–Crippen LogP) is 2.13. The van der Waals surface area contributed by atoms with Crippen molar-refractivity contribution in [2.24, 2.45) is 7.05 Å². The van der Waals surface area contributed by atoms with Gasteiger partial charge >= 0.3 is 0 Å². The van der Waals surface area contributed by atoms with Gasteiger partial charge in [0, 0.05) is 19.4 Å². The molecule has 2 aromatic rings. The molecule has 18 heavy (non-hydrogen) atoms. The molecule has 1 atom stereocenters. The van der Waals surface area contributed by atoms with E-state index in [1.54, 1.807) is 17.1 Å². The number of nitrogens with one attached hydrogen (secondary N) is 1. The summed E-state index contributed by atoms with van der Waals surface area (Å²) in [5.74, 6) is 0.871. The molecule has 0 amide bonds. The zero-order valence-corrected chi connectivity index (χ0v) is 11.0. The molecule has 1 unspecified atom stereocenters. The number of anilines is 2. The molecular formula is C13H19N5. The molecule has 0 saturated carbocycles. The number of rotatable bonds is 4. The summed E-state index contributed by atoms with van der Waals surface area (Å²) in [7, 11) is 1.90. The fourth-order valence-electron chi connectivity index (χ4n) is 1.97. The molecule has 5 heteroatoms. The van der Waals surface area contributed by atoms with Crippen LogP contribution in [-0.4, -0.2) is 14.8 Å². The van der Waals surface area contributed by atoms with Gasteiger partial charge in [0.2, 0.25) is 0 Å². The number of hydrogen-bond donors (Lipinski definition) is 2. The van der Waals surface area contributed by atoms with E-state index in [9.17, 15) is 0 Å². The van der Waals surface area contributed by atoms with Crippen LogP contribution >= 0.6 is 0 Å². The first-order chi connectivity index (χ1) is 8.63. The Morgan fingerprint density at radius 1 is 1.39 bits per heavy atom. The van der Waals surface area contributed by atoms with Crippen LogP contribution in [0.15, 0.2) is 24.5 Å². The summed E-state index contributed by atoms with van der Waals surface area (Å²) >= 11 is 0. The molecule has 2 rings (SSSR count). The number of pyridine rings is 1. The van der Waals surface area contributed by atoms with E-state index in [0.717, 1.165) is 23.6 Å². The van der Waals surface area contributed by atoms with E-state index in [1.807, 2.05) is 19.2 Å². The first kappa shape index (κ1) is 12.4. The first-order valence-corrected chi connectivity index (χ1v) is 6.11. The quantitative estimate of drug-likeness (QED) is 0.865. The summed E-state index contributed by atoms with van der Waals surface area (Å²) in [6, 6.07) is 4.14. The molecule has 0 aliphatic rings. The molecule has 0 radical (unpaired) electrons. The van der Waals surface area contributed by atoms with Gasteiger partial charge in [0.05, 0.1) is 17.4 Å². The van der Waals surface area contributed by atoms with Crippen LogP contribution in [0.1, 0.15) is 31.1 Å². The van der Waals surface area contributed by atoms with Crippen molar-refractivity contribution >= 4 is 11.5 Å². The summed E-state index contributed by atoms with van der Waals surface area (Å²) in [5, 5.41) is 7.79. The van der Waals surface area contributed by atoms with Crippen LogP contribution < -0.4 is 11.1 Å². The van der Waals surface area contributed by atoms with Crippen molar-refractivity contribution in [2.75, 3.05) is 11.1 Å². The van der Waals surface area contributed by atoms with Crippen molar-refractivity contribution in [3.8, 4) is 0 Å². The van der Waals surface area contributed by atoms with E-state index in [4.69, 9.17) is 5.73 Å². The van der Waals surface area contributed by atoms with Crippen molar-refractivity contribution in [1.82, 2.24) is 14.8 Å². The lowest BCUT2D eigenvalue weighted by Gasteiger charge is -2.16. The molecule has 0 aliphatic carbocycles. The minimum atomic E-state index is 0.162. The fourth-order valence-corrected chi connectivity index (χ4v) is 1.97. The summed E-state index contributed by atoms with van der Waals surface area (Å²) < 4.78 is 1.80. The van der Waals surface area contributed by atoms with Crippen molar-refractivity contribution < 1.29 is 0 Å². The molecule has 5 nitrogen and oxygen atoms in total. The van der Waals surface area contributed by atoms with E-state index in [2.05, 4.69) is 29.2 Å². The summed E-state index contributed by atoms with van der Waals surface area (Å²) in [6.07, 6.45) is 4.42. The van der Waals surface area contributed by atoms with E-state index in [1.165, 1.54) is 5.56 Å². The summed E-state index contributed by atoms with van der Waals surface area (Å²) in [6.45, 7) is 4.14. The van der Waals surface area contributed by atoms with Gasteiger partial charge in [0.15, 0.2) is 0 Å². The highest BCUT2D eigenvalue weighted by molar-refractivity contribution is 5.65. The number of aromatic nitrogens is 3. The standard InChI is InChI=1S/C13H19N5/c1-4-11-12(14)13(18(3)17-11)16-9(2)10-5-7-15-8-6-10/h5-9,16H,4,14H2,1-3H3. The van der Waals surface area contributed by atoms with Gasteiger partial charge in [0.1, 0.15) is 5.82 Å². The van der Waals surface area contributed by atoms with Crippen LogP contribution in [0.4, 0.5) is 11.5 Å². The second kappa shape index (κ2) is 5.08. The van der Waals surface area contributed by atoms with Gasteiger partial charge in [-0.15, -0.1) is 0 Å². The van der Waals surface area contributed by atoms with Crippen LogP contribution in [0.2, 0.25) is 0 Å². The Balaban J connectivity index is 2.22. The average molecular weight is 245 g/mol. The zero-order valence-electron chi connectivity index (χ0n) is 11.0. The molecule has 0 spiro atoms. The minimum Gasteiger partial charge on any atom is -0.394 e. The first-order valence-electron chi connectivity index (χ1n) is 6.11. The van der Waals surface area contributed by atoms with Crippen LogP contribution in [0.3, 0.4) is 0 Å². The molecule has 0 saturated heterocycles. The van der Waals surface area contributed by atoms with Gasteiger partial charge in [-0.25, -0.2) is 0 Å². The van der Waals surface area contributed by atoms with Crippen molar-refractivity contribution in [3.63, 3.8) is 0 Å². The lowest BCUT2D eigenvalue weighted by molar-refractivity contribution is 0.734. The molecule has 0 fully saturated rings. The largest absolute Gasteiger partial charge is 0.394 e. The second-order valence-electron chi connectivity index (χ2n) is 4.33. The van der Waals surface area contributed by atoms with E-state index in [0.29, 0.717) is 0 Å². The summed E-state index contributed by atoms with van der Waals surface area (Å²) in [4.78, 5) is 4.02. The summed E-state index contributed by atoms with van der Waals surface area (Å²) in [5.41, 5.74) is 8.92. The average Bonchev–Trinajstić information content (AvgIpc) is 2.67. The van der Waals surface area contributed by atoms with Gasteiger partial charge in [-0.3, -0.25) is 9.67 Å². The highest BCUT2D eigenvalue weighted by Gasteiger charge is 2.14. The third-order valence-corrected chi connectivity index (χ3v) is 3.05. The molecule has 96 valence electrons. The molecule has 2 heterocycles. The number of aryl methyl sites for hydroxylation is 2. The SMILES string of the molecule is CCc1nn(C)c(NC(C)c2ccncc2)c1N. The van der Waals surface area contributed by atoms with Crippen LogP contribution in [0.5, 0.6) is 0 Å². The van der Waals surface area contributed by atoms with E-state index < -0.39 is 0 Å². The van der Waals surface area contributed by atoms with Gasteiger partial charge in [-0.2, -0.15) is 5.10 Å². The Labute approximate surface area is 107 Å². The maximum absolute atomic E-state index is 6.08. The van der Waals surface area contributed by atoms with E-state index in [-0.39, 0.29) is 6.04 Å². The normalized spacial score (nSPS) is 12.4. The number of nitrogens with two attached hydrogens (primary N) is 1. The molecule has 0 aromatic carbocycles. The molecule has 2 aromatic heterocycles. The second-order valence-corrected chi connectivity index (χ2v) is 4.33. The molecule has 0 aliphatic heterocycles.